The highest BCUT2D eigenvalue weighted by Gasteiger charge is 2.32. The highest BCUT2D eigenvalue weighted by molar-refractivity contribution is 9.11. The van der Waals surface area contributed by atoms with Gasteiger partial charge in [0.2, 0.25) is 0 Å². The van der Waals surface area contributed by atoms with Gasteiger partial charge in [0, 0.05) is 33.0 Å². The Morgan fingerprint density at radius 3 is 2.72 bits per heavy atom. The van der Waals surface area contributed by atoms with Crippen molar-refractivity contribution in [3.63, 3.8) is 0 Å². The predicted octanol–water partition coefficient (Wildman–Crippen LogP) is 4.37. The van der Waals surface area contributed by atoms with Crippen molar-refractivity contribution in [2.45, 2.75) is 37.0 Å². The van der Waals surface area contributed by atoms with Crippen molar-refractivity contribution in [2.24, 2.45) is 0 Å². The fraction of sp³-hybridized carbons (Fsp3) is 0.615. The summed E-state index contributed by atoms with van der Waals surface area (Å²) in [6.45, 7) is 1.91. The first-order chi connectivity index (χ1) is 8.65. The molecule has 1 aromatic rings. The van der Waals surface area contributed by atoms with Gasteiger partial charge in [-0.05, 0) is 57.0 Å². The van der Waals surface area contributed by atoms with Gasteiger partial charge in [0.15, 0.2) is 0 Å². The van der Waals surface area contributed by atoms with Crippen molar-refractivity contribution in [3.05, 3.63) is 26.9 Å². The lowest BCUT2D eigenvalue weighted by Crippen LogP contribution is -2.34. The van der Waals surface area contributed by atoms with Crippen LogP contribution in [0.25, 0.3) is 0 Å². The molecule has 1 aliphatic carbocycles. The minimum absolute atomic E-state index is 0.460. The van der Waals surface area contributed by atoms with Crippen LogP contribution in [-0.4, -0.2) is 22.5 Å². The van der Waals surface area contributed by atoms with Crippen molar-refractivity contribution < 1.29 is 0 Å². The van der Waals surface area contributed by atoms with Crippen molar-refractivity contribution in [2.75, 3.05) is 12.8 Å². The zero-order valence-corrected chi connectivity index (χ0v) is 14.5. The van der Waals surface area contributed by atoms with Gasteiger partial charge >= 0.3 is 0 Å². The van der Waals surface area contributed by atoms with Crippen LogP contribution in [0.5, 0.6) is 0 Å². The molecule has 0 aliphatic heterocycles. The summed E-state index contributed by atoms with van der Waals surface area (Å²) in [7, 11) is 0. The third-order valence-corrected chi connectivity index (χ3v) is 6.11. The molecule has 0 amide bonds. The molecule has 1 saturated carbocycles. The number of halogens is 2. The van der Waals surface area contributed by atoms with E-state index in [1.54, 1.807) is 0 Å². The zero-order valence-electron chi connectivity index (χ0n) is 10.5. The van der Waals surface area contributed by atoms with Crippen LogP contribution >= 0.6 is 43.6 Å². The second-order valence-electron chi connectivity index (χ2n) is 4.78. The van der Waals surface area contributed by atoms with E-state index in [4.69, 9.17) is 0 Å². The summed E-state index contributed by atoms with van der Waals surface area (Å²) < 4.78 is 2.53. The molecule has 0 atom stereocenters. The monoisotopic (exact) mass is 392 g/mol. The van der Waals surface area contributed by atoms with E-state index in [1.165, 1.54) is 25.7 Å². The van der Waals surface area contributed by atoms with Gasteiger partial charge in [-0.2, -0.15) is 11.8 Å². The Bertz CT molecular complexity index is 406. The predicted molar refractivity (Wildman–Crippen MR) is 86.1 cm³/mol. The number of thioether (sulfide) groups is 1. The fourth-order valence-corrected chi connectivity index (χ4v) is 4.53. The highest BCUT2D eigenvalue weighted by Crippen LogP contribution is 2.39. The van der Waals surface area contributed by atoms with Crippen LogP contribution in [0.2, 0.25) is 0 Å². The second kappa shape index (κ2) is 6.73. The molecule has 1 heterocycles. The molecule has 0 aromatic carbocycles. The van der Waals surface area contributed by atoms with E-state index in [9.17, 15) is 0 Å². The number of aromatic nitrogens is 1. The molecule has 5 heteroatoms. The largest absolute Gasteiger partial charge is 0.310 e. The van der Waals surface area contributed by atoms with Crippen LogP contribution in [-0.2, 0) is 6.54 Å². The van der Waals surface area contributed by atoms with Crippen molar-refractivity contribution in [3.8, 4) is 0 Å². The quantitative estimate of drug-likeness (QED) is 0.803. The van der Waals surface area contributed by atoms with Crippen LogP contribution in [0.4, 0.5) is 0 Å². The Labute approximate surface area is 130 Å². The molecule has 1 aliphatic rings. The second-order valence-corrected chi connectivity index (χ2v) is 7.82. The maximum absolute atomic E-state index is 4.43. The van der Waals surface area contributed by atoms with E-state index in [-0.39, 0.29) is 0 Å². The van der Waals surface area contributed by atoms with Gasteiger partial charge in [0.05, 0.1) is 5.69 Å². The lowest BCUT2D eigenvalue weighted by molar-refractivity contribution is 0.530. The van der Waals surface area contributed by atoms with Gasteiger partial charge in [-0.3, -0.25) is 4.98 Å². The maximum Gasteiger partial charge on any atom is 0.0684 e. The van der Waals surface area contributed by atoms with Crippen LogP contribution in [0.1, 0.15) is 31.4 Å². The number of hydrogen-bond donors (Lipinski definition) is 1. The molecule has 1 aromatic heterocycles. The van der Waals surface area contributed by atoms with Crippen LogP contribution < -0.4 is 5.32 Å². The Balaban J connectivity index is 1.88. The lowest BCUT2D eigenvalue weighted by atomic mass is 10.1. The van der Waals surface area contributed by atoms with Gasteiger partial charge in [-0.15, -0.1) is 0 Å². The molecule has 1 N–H and O–H groups in total. The molecular weight excluding hydrogens is 376 g/mol. The first kappa shape index (κ1) is 14.8. The van der Waals surface area contributed by atoms with Crippen molar-refractivity contribution >= 4 is 43.6 Å². The first-order valence-corrected chi connectivity index (χ1v) is 9.02. The van der Waals surface area contributed by atoms with Gasteiger partial charge in [0.1, 0.15) is 0 Å². The number of rotatable bonds is 5. The van der Waals surface area contributed by atoms with Crippen LogP contribution in [0, 0.1) is 0 Å². The lowest BCUT2D eigenvalue weighted by Gasteiger charge is -2.27. The van der Waals surface area contributed by atoms with Gasteiger partial charge < -0.3 is 5.32 Å². The zero-order chi connectivity index (χ0) is 13.0. The Morgan fingerprint density at radius 2 is 2.11 bits per heavy atom. The van der Waals surface area contributed by atoms with Crippen molar-refractivity contribution in [1.82, 2.24) is 10.3 Å². The number of pyridine rings is 1. The summed E-state index contributed by atoms with van der Waals surface area (Å²) in [5, 5.41) is 3.57. The van der Waals surface area contributed by atoms with Gasteiger partial charge in [-0.25, -0.2) is 0 Å². The molecule has 0 spiro atoms. The summed E-state index contributed by atoms with van der Waals surface area (Å²) in [4.78, 5) is 4.43. The van der Waals surface area contributed by atoms with E-state index in [0.717, 1.165) is 27.7 Å². The Kier molecular flexibility index (Phi) is 5.54. The van der Waals surface area contributed by atoms with E-state index < -0.39 is 0 Å². The third kappa shape index (κ3) is 3.71. The molecule has 18 heavy (non-hydrogen) atoms. The summed E-state index contributed by atoms with van der Waals surface area (Å²) in [5.41, 5.74) is 1.08. The summed E-state index contributed by atoms with van der Waals surface area (Å²) in [6.07, 6.45) is 9.53. The average Bonchev–Trinajstić information content (AvgIpc) is 2.81. The SMILES string of the molecule is CSC1(CNCc2ncc(Br)cc2Br)CCCC1. The molecule has 2 nitrogen and oxygen atoms in total. The maximum atomic E-state index is 4.43. The standard InChI is InChI=1S/C13H18Br2N2S/c1-18-13(4-2-3-5-13)9-16-8-12-11(15)6-10(14)7-17-12/h6-7,16H,2-5,8-9H2,1H3. The van der Waals surface area contributed by atoms with E-state index in [0.29, 0.717) is 4.75 Å². The minimum Gasteiger partial charge on any atom is -0.310 e. The number of nitrogens with one attached hydrogen (secondary N) is 1. The average molecular weight is 394 g/mol. The molecule has 2 rings (SSSR count). The minimum atomic E-state index is 0.460. The molecule has 100 valence electrons. The first-order valence-electron chi connectivity index (χ1n) is 6.21. The number of hydrogen-bond acceptors (Lipinski definition) is 3. The molecule has 0 bridgehead atoms. The molecule has 0 unspecified atom stereocenters. The highest BCUT2D eigenvalue weighted by atomic mass is 79.9. The summed E-state index contributed by atoms with van der Waals surface area (Å²) in [6, 6.07) is 2.05. The van der Waals surface area contributed by atoms with Gasteiger partial charge in [-0.1, -0.05) is 12.8 Å². The molecule has 1 fully saturated rings. The van der Waals surface area contributed by atoms with E-state index in [1.807, 2.05) is 24.0 Å². The smallest absolute Gasteiger partial charge is 0.0684 e. The topological polar surface area (TPSA) is 24.9 Å². The molecule has 0 radical (unpaired) electrons. The van der Waals surface area contributed by atoms with Gasteiger partial charge in [0.25, 0.3) is 0 Å². The fourth-order valence-electron chi connectivity index (χ4n) is 2.45. The van der Waals surface area contributed by atoms with Crippen molar-refractivity contribution in [1.29, 1.82) is 0 Å². The summed E-state index contributed by atoms with van der Waals surface area (Å²) in [5.74, 6) is 0. The number of nitrogens with zero attached hydrogens (tertiary/aromatic N) is 1. The molecule has 0 saturated heterocycles. The van der Waals surface area contributed by atoms with Crippen LogP contribution in [0.15, 0.2) is 21.2 Å². The van der Waals surface area contributed by atoms with E-state index in [2.05, 4.69) is 48.4 Å². The summed E-state index contributed by atoms with van der Waals surface area (Å²) >= 11 is 8.99. The molecular formula is C13H18Br2N2S. The normalized spacial score (nSPS) is 18.2. The third-order valence-electron chi connectivity index (χ3n) is 3.57. The Hall–Kier alpha value is 0.420. The Morgan fingerprint density at radius 1 is 1.39 bits per heavy atom. The van der Waals surface area contributed by atoms with E-state index >= 15 is 0 Å². The van der Waals surface area contributed by atoms with Crippen LogP contribution in [0.3, 0.4) is 0 Å².